The number of guanidine groups is 2. The van der Waals surface area contributed by atoms with E-state index in [1.807, 2.05) is 24.3 Å². The van der Waals surface area contributed by atoms with Crippen LogP contribution >= 0.6 is 0 Å². The molecule has 2 aromatic heterocycles. The second-order valence-corrected chi connectivity index (χ2v) is 18.5. The van der Waals surface area contributed by atoms with Crippen molar-refractivity contribution in [1.29, 1.82) is 0 Å². The summed E-state index contributed by atoms with van der Waals surface area (Å²) in [4.78, 5) is 143. The summed E-state index contributed by atoms with van der Waals surface area (Å²) in [7, 11) is 0. The van der Waals surface area contributed by atoms with E-state index in [4.69, 9.17) is 28.7 Å². The van der Waals surface area contributed by atoms with Crippen LogP contribution in [0.1, 0.15) is 75.1 Å². The lowest BCUT2D eigenvalue weighted by Crippen LogP contribution is -2.60. The van der Waals surface area contributed by atoms with Crippen LogP contribution in [0.25, 0.3) is 10.9 Å². The Hall–Kier alpha value is -9.04. The van der Waals surface area contributed by atoms with Crippen molar-refractivity contribution in [2.75, 3.05) is 19.6 Å². The zero-order chi connectivity index (χ0) is 55.9. The standard InChI is InChI=1S/C50H70N18O9/c1-28(69)62-35(15-8-20-58-49(52)53)43(72)65-37-17-18-41(70)57-19-7-14-34(42(51)71)63-47(76)39(23-30-25-60-33-13-6-5-12-32(30)33)67-44(73)36(16-9-21-59-50(54)55)64-46(75)38(22-29-10-3-2-4-11-29)66-48(77)40(68-45(37)74)24-31-26-56-27-61-31/h2-6,10-13,25-27,34-40,60H,7-9,14-24H2,1H3,(H2,51,71)(H,56,61)(H,57,70)(H,62,69)(H,63,76)(H,64,75)(H,65,72)(H,66,77)(H,67,73)(H,68,74)(H4,52,53,58)(H4,54,55,59)/t34-,35-,36-,37-,38+,39-,40-/m0/s1. The van der Waals surface area contributed by atoms with Crippen molar-refractivity contribution in [3.63, 3.8) is 0 Å². The molecule has 2 aromatic carbocycles. The maximum Gasteiger partial charge on any atom is 0.243 e. The van der Waals surface area contributed by atoms with Crippen molar-refractivity contribution < 1.29 is 43.2 Å². The number of amides is 9. The molecule has 4 aromatic rings. The third kappa shape index (κ3) is 19.6. The molecule has 27 heteroatoms. The number of imidazole rings is 1. The van der Waals surface area contributed by atoms with Gasteiger partial charge in [0.2, 0.25) is 53.2 Å². The lowest BCUT2D eigenvalue weighted by atomic mass is 10.0. The van der Waals surface area contributed by atoms with Gasteiger partial charge in [0.1, 0.15) is 42.3 Å². The van der Waals surface area contributed by atoms with Crippen molar-refractivity contribution in [3.8, 4) is 0 Å². The number of hydrogen-bond donors (Lipinski definition) is 15. The van der Waals surface area contributed by atoms with Crippen LogP contribution in [0.4, 0.5) is 0 Å². The Bertz CT molecular complexity index is 2720. The second-order valence-electron chi connectivity index (χ2n) is 18.5. The van der Waals surface area contributed by atoms with Gasteiger partial charge in [0.25, 0.3) is 0 Å². The van der Waals surface area contributed by atoms with Crippen molar-refractivity contribution >= 4 is 76.0 Å². The smallest absolute Gasteiger partial charge is 0.243 e. The normalized spacial score (nSPS) is 20.8. The molecular formula is C50H70N18O9. The van der Waals surface area contributed by atoms with Crippen molar-refractivity contribution in [1.82, 2.24) is 57.5 Å². The highest BCUT2D eigenvalue weighted by molar-refractivity contribution is 5.98. The van der Waals surface area contributed by atoms with E-state index in [1.54, 1.807) is 36.5 Å². The van der Waals surface area contributed by atoms with E-state index in [1.165, 1.54) is 19.4 Å². The number of fused-ring (bicyclic) bond motifs is 1. The van der Waals surface area contributed by atoms with Crippen molar-refractivity contribution in [2.45, 2.75) is 120 Å². The number of H-pyrrole nitrogens is 2. The second kappa shape index (κ2) is 29.7. The molecule has 0 radical (unpaired) electrons. The summed E-state index contributed by atoms with van der Waals surface area (Å²) in [6.07, 6.45) is 3.86. The molecule has 7 atom stereocenters. The van der Waals surface area contributed by atoms with E-state index in [9.17, 15) is 43.2 Å². The van der Waals surface area contributed by atoms with Crippen LogP contribution in [0.5, 0.6) is 0 Å². The fraction of sp³-hybridized carbons (Fsp3) is 0.440. The highest BCUT2D eigenvalue weighted by Crippen LogP contribution is 2.20. The van der Waals surface area contributed by atoms with Gasteiger partial charge in [-0.25, -0.2) is 4.98 Å². The average molecular weight is 1070 g/mol. The number of aromatic nitrogens is 3. The lowest BCUT2D eigenvalue weighted by molar-refractivity contribution is -0.135. The van der Waals surface area contributed by atoms with Crippen LogP contribution in [0.2, 0.25) is 0 Å². The average Bonchev–Trinajstić information content (AvgIpc) is 4.06. The van der Waals surface area contributed by atoms with Crippen molar-refractivity contribution in [2.24, 2.45) is 38.7 Å². The van der Waals surface area contributed by atoms with E-state index >= 15 is 0 Å². The molecule has 1 aliphatic rings. The predicted octanol–water partition coefficient (Wildman–Crippen LogP) is -3.38. The minimum atomic E-state index is -1.49. The number of rotatable bonds is 18. The molecule has 3 heterocycles. The SMILES string of the molecule is CC(=O)N[C@@H](CCCN=C(N)N)C(=O)N[C@H]1CCC(=O)NCCC[C@@H](C(N)=O)NC(=O)[C@H](Cc2c[nH]c3ccccc23)NC(=O)[C@H](CCCN=C(N)N)NC(=O)[C@@H](Cc2ccccc2)NC(=O)[C@H](Cc2cnc[nH]2)NC1=O. The number of para-hydroxylation sites is 1. The van der Waals surface area contributed by atoms with Crippen LogP contribution in [-0.2, 0) is 62.4 Å². The summed E-state index contributed by atoms with van der Waals surface area (Å²) >= 11 is 0. The first kappa shape index (κ1) is 58.8. The molecule has 20 N–H and O–H groups in total. The minimum Gasteiger partial charge on any atom is -0.370 e. The fourth-order valence-corrected chi connectivity index (χ4v) is 8.49. The number of carbonyl (C=O) groups is 9. The summed E-state index contributed by atoms with van der Waals surface area (Å²) < 4.78 is 0. The molecular weight excluding hydrogens is 997 g/mol. The number of nitrogens with zero attached hydrogens (tertiary/aromatic N) is 3. The number of aliphatic imine (C=N–C) groups is 2. The molecule has 0 spiro atoms. The highest BCUT2D eigenvalue weighted by Gasteiger charge is 2.35. The van der Waals surface area contributed by atoms with Gasteiger partial charge >= 0.3 is 0 Å². The Balaban J connectivity index is 1.54. The molecule has 27 nitrogen and oxygen atoms in total. The summed E-state index contributed by atoms with van der Waals surface area (Å²) in [5, 5.41) is 22.3. The predicted molar refractivity (Wildman–Crippen MR) is 284 cm³/mol. The number of hydrogen-bond acceptors (Lipinski definition) is 12. The molecule has 414 valence electrons. The minimum absolute atomic E-state index is 0.0184. The Morgan fingerprint density at radius 3 is 1.97 bits per heavy atom. The van der Waals surface area contributed by atoms with Gasteiger partial charge < -0.3 is 81.2 Å². The zero-order valence-electron chi connectivity index (χ0n) is 42.8. The Morgan fingerprint density at radius 2 is 1.31 bits per heavy atom. The first-order valence-corrected chi connectivity index (χ1v) is 25.2. The molecule has 77 heavy (non-hydrogen) atoms. The maximum absolute atomic E-state index is 14.7. The van der Waals surface area contributed by atoms with Gasteiger partial charge in [-0.05, 0) is 62.1 Å². The topological polar surface area (TPSA) is 449 Å². The third-order valence-electron chi connectivity index (χ3n) is 12.4. The molecule has 1 saturated heterocycles. The van der Waals surface area contributed by atoms with E-state index < -0.39 is 95.5 Å². The molecule has 5 rings (SSSR count). The van der Waals surface area contributed by atoms with Crippen LogP contribution in [0.15, 0.2) is 83.3 Å². The number of nitrogens with two attached hydrogens (primary N) is 5. The highest BCUT2D eigenvalue weighted by atomic mass is 16.2. The number of primary amides is 1. The van der Waals surface area contributed by atoms with E-state index in [2.05, 4.69) is 67.5 Å². The quantitative estimate of drug-likeness (QED) is 0.0263. The Kier molecular flexibility index (Phi) is 22.7. The molecule has 0 bridgehead atoms. The zero-order valence-corrected chi connectivity index (χ0v) is 42.8. The summed E-state index contributed by atoms with van der Waals surface area (Å²) in [6, 6.07) is 6.41. The van der Waals surface area contributed by atoms with Gasteiger partial charge in [-0.2, -0.15) is 0 Å². The number of carbonyl (C=O) groups excluding carboxylic acids is 9. The molecule has 1 fully saturated rings. The summed E-state index contributed by atoms with van der Waals surface area (Å²) in [5.74, 6) is -7.39. The summed E-state index contributed by atoms with van der Waals surface area (Å²) in [6.45, 7) is 1.36. The Morgan fingerprint density at radius 1 is 0.701 bits per heavy atom. The maximum atomic E-state index is 14.7. The number of nitrogens with one attached hydrogen (secondary N) is 10. The van der Waals surface area contributed by atoms with Gasteiger partial charge in [0, 0.05) is 81.2 Å². The first-order chi connectivity index (χ1) is 36.9. The van der Waals surface area contributed by atoms with Gasteiger partial charge in [-0.15, -0.1) is 0 Å². The van der Waals surface area contributed by atoms with Crippen LogP contribution in [-0.4, -0.2) is 142 Å². The van der Waals surface area contributed by atoms with Gasteiger partial charge in [-0.1, -0.05) is 48.5 Å². The van der Waals surface area contributed by atoms with Crippen LogP contribution in [0.3, 0.4) is 0 Å². The lowest BCUT2D eigenvalue weighted by Gasteiger charge is -2.28. The van der Waals surface area contributed by atoms with E-state index in [-0.39, 0.29) is 102 Å². The molecule has 0 saturated carbocycles. The number of aromatic amines is 2. The largest absolute Gasteiger partial charge is 0.370 e. The van der Waals surface area contributed by atoms with E-state index in [0.29, 0.717) is 16.8 Å². The molecule has 0 aliphatic carbocycles. The van der Waals surface area contributed by atoms with Gasteiger partial charge in [0.05, 0.1) is 6.33 Å². The van der Waals surface area contributed by atoms with E-state index in [0.717, 1.165) is 10.9 Å². The molecule has 9 amide bonds. The summed E-state index contributed by atoms with van der Waals surface area (Å²) in [5.41, 5.74) is 30.2. The first-order valence-electron chi connectivity index (χ1n) is 25.2. The Labute approximate surface area is 443 Å². The number of benzene rings is 2. The third-order valence-corrected chi connectivity index (χ3v) is 12.4. The fourth-order valence-electron chi connectivity index (χ4n) is 8.49. The van der Waals surface area contributed by atoms with Gasteiger partial charge in [0.15, 0.2) is 11.9 Å². The molecule has 1 aliphatic heterocycles. The monoisotopic (exact) mass is 1070 g/mol. The van der Waals surface area contributed by atoms with Crippen LogP contribution in [0, 0.1) is 0 Å². The van der Waals surface area contributed by atoms with Gasteiger partial charge in [-0.3, -0.25) is 53.1 Å². The molecule has 0 unspecified atom stereocenters. The van der Waals surface area contributed by atoms with Crippen LogP contribution < -0.4 is 71.2 Å². The van der Waals surface area contributed by atoms with Crippen molar-refractivity contribution in [3.05, 3.63) is 90.1 Å².